The molecule has 0 bridgehead atoms. The van der Waals surface area contributed by atoms with Gasteiger partial charge in [-0.1, -0.05) is 44.5 Å². The molecule has 216 valence electrons. The van der Waals surface area contributed by atoms with E-state index in [0.29, 0.717) is 30.2 Å². The van der Waals surface area contributed by atoms with Crippen molar-refractivity contribution in [3.05, 3.63) is 53.1 Å². The van der Waals surface area contributed by atoms with Crippen LogP contribution in [0.2, 0.25) is 5.02 Å². The van der Waals surface area contributed by atoms with Gasteiger partial charge in [0.1, 0.15) is 17.5 Å². The number of halogens is 1. The van der Waals surface area contributed by atoms with E-state index in [1.165, 1.54) is 17.5 Å². The predicted octanol–water partition coefficient (Wildman–Crippen LogP) is 4.48. The van der Waals surface area contributed by atoms with E-state index in [1.54, 1.807) is 24.1 Å². The molecular weight excluding hydrogens is 542 g/mol. The Kier molecular flexibility index (Phi) is 12.4. The van der Waals surface area contributed by atoms with Crippen LogP contribution in [0.25, 0.3) is 0 Å². The van der Waals surface area contributed by atoms with Crippen LogP contribution >= 0.6 is 11.6 Å². The molecule has 9 nitrogen and oxygen atoms in total. The fraction of sp³-hybridized carbons (Fsp3) is 0.500. The van der Waals surface area contributed by atoms with Crippen molar-refractivity contribution in [2.45, 2.75) is 52.6 Å². The number of carbonyl (C=O) groups excluding carboxylic acids is 2. The Morgan fingerprint density at radius 1 is 1.05 bits per heavy atom. The highest BCUT2D eigenvalue weighted by atomic mass is 35.5. The van der Waals surface area contributed by atoms with Gasteiger partial charge in [0.2, 0.25) is 21.8 Å². The van der Waals surface area contributed by atoms with Crippen LogP contribution in [-0.2, 0) is 26.2 Å². The predicted molar refractivity (Wildman–Crippen MR) is 155 cm³/mol. The van der Waals surface area contributed by atoms with Gasteiger partial charge in [-0.15, -0.1) is 0 Å². The molecule has 0 spiro atoms. The van der Waals surface area contributed by atoms with Crippen LogP contribution in [0.15, 0.2) is 42.5 Å². The topological polar surface area (TPSA) is 105 Å². The first-order valence-electron chi connectivity index (χ1n) is 12.9. The first-order chi connectivity index (χ1) is 18.4. The SMILES string of the molecule is CCC(C(=O)NCC(C)C)N(Cc1ccc(OC)cc1)C(=O)CCCN(c1ccc(OC)c(Cl)c1)S(C)(=O)=O. The molecule has 2 rings (SSSR count). The maximum absolute atomic E-state index is 13.5. The van der Waals surface area contributed by atoms with Crippen LogP contribution in [0.1, 0.15) is 45.6 Å². The highest BCUT2D eigenvalue weighted by Crippen LogP contribution is 2.30. The Labute approximate surface area is 237 Å². The molecule has 0 heterocycles. The Morgan fingerprint density at radius 2 is 1.72 bits per heavy atom. The number of sulfonamides is 1. The number of hydrogen-bond acceptors (Lipinski definition) is 6. The Balaban J connectivity index is 2.23. The monoisotopic (exact) mass is 581 g/mol. The normalized spacial score (nSPS) is 12.1. The van der Waals surface area contributed by atoms with Crippen molar-refractivity contribution in [3.8, 4) is 11.5 Å². The largest absolute Gasteiger partial charge is 0.497 e. The molecule has 0 fully saturated rings. The molecule has 0 saturated heterocycles. The highest BCUT2D eigenvalue weighted by molar-refractivity contribution is 7.92. The van der Waals surface area contributed by atoms with E-state index in [2.05, 4.69) is 5.32 Å². The lowest BCUT2D eigenvalue weighted by atomic mass is 10.1. The highest BCUT2D eigenvalue weighted by Gasteiger charge is 2.29. The summed E-state index contributed by atoms with van der Waals surface area (Å²) in [5, 5.41) is 3.22. The molecule has 0 aliphatic heterocycles. The summed E-state index contributed by atoms with van der Waals surface area (Å²) in [7, 11) is -0.587. The molecule has 11 heteroatoms. The van der Waals surface area contributed by atoms with Gasteiger partial charge in [-0.05, 0) is 54.7 Å². The van der Waals surface area contributed by atoms with Crippen molar-refractivity contribution < 1.29 is 27.5 Å². The first kappa shape index (κ1) is 32.2. The molecule has 0 aromatic heterocycles. The molecule has 0 aliphatic rings. The van der Waals surface area contributed by atoms with Crippen LogP contribution in [0.4, 0.5) is 5.69 Å². The fourth-order valence-electron chi connectivity index (χ4n) is 4.08. The van der Waals surface area contributed by atoms with E-state index in [-0.39, 0.29) is 48.7 Å². The number of methoxy groups -OCH3 is 2. The zero-order valence-electron chi connectivity index (χ0n) is 23.6. The van der Waals surface area contributed by atoms with Crippen molar-refractivity contribution >= 4 is 39.1 Å². The molecule has 1 atom stereocenters. The zero-order chi connectivity index (χ0) is 29.2. The van der Waals surface area contributed by atoms with E-state index >= 15 is 0 Å². The van der Waals surface area contributed by atoms with E-state index in [1.807, 2.05) is 45.0 Å². The van der Waals surface area contributed by atoms with Gasteiger partial charge in [0.25, 0.3) is 0 Å². The average Bonchev–Trinajstić information content (AvgIpc) is 2.89. The number of benzene rings is 2. The molecule has 0 saturated carbocycles. The first-order valence-corrected chi connectivity index (χ1v) is 15.1. The number of ether oxygens (including phenoxy) is 2. The second-order valence-corrected chi connectivity index (χ2v) is 12.0. The van der Waals surface area contributed by atoms with Crippen LogP contribution in [0.5, 0.6) is 11.5 Å². The molecule has 0 aliphatic carbocycles. The van der Waals surface area contributed by atoms with Crippen molar-refractivity contribution in [2.75, 3.05) is 37.9 Å². The summed E-state index contributed by atoms with van der Waals surface area (Å²) < 4.78 is 36.7. The van der Waals surface area contributed by atoms with Crippen LogP contribution in [0, 0.1) is 5.92 Å². The van der Waals surface area contributed by atoms with Crippen LogP contribution in [0.3, 0.4) is 0 Å². The van der Waals surface area contributed by atoms with Gasteiger partial charge < -0.3 is 19.7 Å². The van der Waals surface area contributed by atoms with E-state index < -0.39 is 16.1 Å². The Bertz CT molecular complexity index is 1200. The zero-order valence-corrected chi connectivity index (χ0v) is 25.1. The number of nitrogens with zero attached hydrogens (tertiary/aromatic N) is 2. The molecule has 2 amide bonds. The smallest absolute Gasteiger partial charge is 0.242 e. The van der Waals surface area contributed by atoms with Crippen molar-refractivity contribution in [1.29, 1.82) is 0 Å². The van der Waals surface area contributed by atoms with Gasteiger partial charge in [0, 0.05) is 26.1 Å². The van der Waals surface area contributed by atoms with Gasteiger partial charge >= 0.3 is 0 Å². The third kappa shape index (κ3) is 9.61. The quantitative estimate of drug-likeness (QED) is 0.332. The van der Waals surface area contributed by atoms with Gasteiger partial charge in [-0.3, -0.25) is 13.9 Å². The molecule has 0 radical (unpaired) electrons. The second-order valence-electron chi connectivity index (χ2n) is 9.69. The van der Waals surface area contributed by atoms with Gasteiger partial charge in [0.05, 0.1) is 31.2 Å². The Hall–Kier alpha value is -2.98. The lowest BCUT2D eigenvalue weighted by Crippen LogP contribution is -2.49. The van der Waals surface area contributed by atoms with E-state index in [9.17, 15) is 18.0 Å². The number of amides is 2. The Morgan fingerprint density at radius 3 is 2.23 bits per heavy atom. The standard InChI is InChI=1S/C28H40ClN3O6S/c1-7-25(28(34)30-18-20(2)3)31(19-21-10-13-23(37-4)14-11-21)27(33)9-8-16-32(39(6,35)36)22-12-15-26(38-5)24(29)17-22/h10-15,17,20,25H,7-9,16,18-19H2,1-6H3,(H,30,34). The second kappa shape index (κ2) is 15.0. The molecule has 1 N–H and O–H groups in total. The number of hydrogen-bond donors (Lipinski definition) is 1. The third-order valence-corrected chi connectivity index (χ3v) is 7.65. The van der Waals surface area contributed by atoms with Crippen LogP contribution in [-0.4, -0.2) is 64.7 Å². The minimum absolute atomic E-state index is 0.0556. The molecule has 39 heavy (non-hydrogen) atoms. The van der Waals surface area contributed by atoms with Crippen molar-refractivity contribution in [1.82, 2.24) is 10.2 Å². The summed E-state index contributed by atoms with van der Waals surface area (Å²) in [6.07, 6.45) is 1.85. The molecular formula is C28H40ClN3O6S. The lowest BCUT2D eigenvalue weighted by molar-refractivity contribution is -0.141. The number of rotatable bonds is 15. The maximum Gasteiger partial charge on any atom is 0.242 e. The minimum atomic E-state index is -3.64. The molecule has 2 aromatic rings. The van der Waals surface area contributed by atoms with E-state index in [4.69, 9.17) is 21.1 Å². The number of carbonyl (C=O) groups is 2. The number of anilines is 1. The lowest BCUT2D eigenvalue weighted by Gasteiger charge is -2.31. The average molecular weight is 582 g/mol. The summed E-state index contributed by atoms with van der Waals surface area (Å²) in [5.41, 5.74) is 1.23. The van der Waals surface area contributed by atoms with Crippen LogP contribution < -0.4 is 19.1 Å². The number of nitrogens with one attached hydrogen (secondary N) is 1. The summed E-state index contributed by atoms with van der Waals surface area (Å²) in [6.45, 7) is 6.69. The van der Waals surface area contributed by atoms with Gasteiger partial charge in [0.15, 0.2) is 0 Å². The van der Waals surface area contributed by atoms with Crippen molar-refractivity contribution in [3.63, 3.8) is 0 Å². The summed E-state index contributed by atoms with van der Waals surface area (Å²) in [4.78, 5) is 28.2. The summed E-state index contributed by atoms with van der Waals surface area (Å²) in [6, 6.07) is 11.4. The van der Waals surface area contributed by atoms with Crippen molar-refractivity contribution in [2.24, 2.45) is 5.92 Å². The fourth-order valence-corrected chi connectivity index (χ4v) is 5.29. The summed E-state index contributed by atoms with van der Waals surface area (Å²) >= 11 is 6.22. The molecule has 1 unspecified atom stereocenters. The maximum atomic E-state index is 13.5. The van der Waals surface area contributed by atoms with Gasteiger partial charge in [-0.25, -0.2) is 8.42 Å². The minimum Gasteiger partial charge on any atom is -0.497 e. The van der Waals surface area contributed by atoms with E-state index in [0.717, 1.165) is 11.8 Å². The third-order valence-electron chi connectivity index (χ3n) is 6.16. The van der Waals surface area contributed by atoms with Gasteiger partial charge in [-0.2, -0.15) is 0 Å². The summed E-state index contributed by atoms with van der Waals surface area (Å²) in [5.74, 6) is 0.945. The molecule has 2 aromatic carbocycles.